The predicted octanol–water partition coefficient (Wildman–Crippen LogP) is 0.826. The van der Waals surface area contributed by atoms with Crippen LogP contribution < -0.4 is 4.90 Å². The number of rotatable bonds is 2. The molecule has 0 saturated carbocycles. The minimum Gasteiger partial charge on any atom is -0.395 e. The van der Waals surface area contributed by atoms with E-state index in [9.17, 15) is 0 Å². The average Bonchev–Trinajstić information content (AvgIpc) is 2.19. The van der Waals surface area contributed by atoms with Crippen molar-refractivity contribution in [1.29, 1.82) is 0 Å². The highest BCUT2D eigenvalue weighted by molar-refractivity contribution is 5.52. The number of β-amino-alcohol motifs (C(OH)–C–C–N with tert-alkyl or cyclic N) is 1. The summed E-state index contributed by atoms with van der Waals surface area (Å²) < 4.78 is 0. The molecule has 0 fully saturated rings. The van der Waals surface area contributed by atoms with Crippen LogP contribution >= 0.6 is 0 Å². The normalized spacial score (nSPS) is 15.6. The number of nitrogens with zero attached hydrogens (tertiary/aromatic N) is 2. The first kappa shape index (κ1) is 8.51. The first-order valence-electron chi connectivity index (χ1n) is 4.71. The van der Waals surface area contributed by atoms with Crippen LogP contribution in [0.25, 0.3) is 0 Å². The number of pyridine rings is 1. The van der Waals surface area contributed by atoms with E-state index in [4.69, 9.17) is 5.11 Å². The fraction of sp³-hybridized carbons (Fsp3) is 0.500. The Morgan fingerprint density at radius 2 is 2.46 bits per heavy atom. The van der Waals surface area contributed by atoms with Gasteiger partial charge in [-0.05, 0) is 25.0 Å². The summed E-state index contributed by atoms with van der Waals surface area (Å²) in [5.41, 5.74) is 2.37. The number of anilines is 1. The van der Waals surface area contributed by atoms with Crippen molar-refractivity contribution in [3.05, 3.63) is 24.0 Å². The highest BCUT2D eigenvalue weighted by Crippen LogP contribution is 2.23. The van der Waals surface area contributed by atoms with E-state index in [0.29, 0.717) is 0 Å². The Bertz CT molecular complexity index is 288. The van der Waals surface area contributed by atoms with Gasteiger partial charge in [0.05, 0.1) is 18.0 Å². The molecule has 3 nitrogen and oxygen atoms in total. The Hall–Kier alpha value is -1.09. The highest BCUT2D eigenvalue weighted by Gasteiger charge is 2.15. The highest BCUT2D eigenvalue weighted by atomic mass is 16.3. The quantitative estimate of drug-likeness (QED) is 0.728. The van der Waals surface area contributed by atoms with E-state index in [2.05, 4.69) is 16.0 Å². The van der Waals surface area contributed by atoms with Crippen molar-refractivity contribution in [3.63, 3.8) is 0 Å². The Labute approximate surface area is 78.0 Å². The van der Waals surface area contributed by atoms with Crippen LogP contribution in [0.1, 0.15) is 12.1 Å². The van der Waals surface area contributed by atoms with Gasteiger partial charge in [0.2, 0.25) is 0 Å². The summed E-state index contributed by atoms with van der Waals surface area (Å²) in [5, 5.41) is 8.88. The predicted molar refractivity (Wildman–Crippen MR) is 51.9 cm³/mol. The van der Waals surface area contributed by atoms with Gasteiger partial charge in [0.1, 0.15) is 0 Å². The molecule has 1 aromatic heterocycles. The Balaban J connectivity index is 2.26. The molecule has 1 aromatic rings. The summed E-state index contributed by atoms with van der Waals surface area (Å²) in [6, 6.07) is 4.03. The van der Waals surface area contributed by atoms with Crippen LogP contribution in [0, 0.1) is 0 Å². The van der Waals surface area contributed by atoms with Gasteiger partial charge in [-0.15, -0.1) is 0 Å². The Kier molecular flexibility index (Phi) is 2.45. The third-order valence-corrected chi connectivity index (χ3v) is 2.42. The molecule has 0 aliphatic carbocycles. The molecule has 2 rings (SSSR count). The summed E-state index contributed by atoms with van der Waals surface area (Å²) in [4.78, 5) is 6.53. The van der Waals surface area contributed by atoms with E-state index >= 15 is 0 Å². The van der Waals surface area contributed by atoms with Crippen molar-refractivity contribution in [2.24, 2.45) is 0 Å². The summed E-state index contributed by atoms with van der Waals surface area (Å²) in [6.45, 7) is 1.98. The zero-order chi connectivity index (χ0) is 9.10. The van der Waals surface area contributed by atoms with E-state index in [-0.39, 0.29) is 6.61 Å². The first-order chi connectivity index (χ1) is 6.42. The van der Waals surface area contributed by atoms with E-state index in [1.165, 1.54) is 11.4 Å². The van der Waals surface area contributed by atoms with Gasteiger partial charge in [-0.1, -0.05) is 0 Å². The summed E-state index contributed by atoms with van der Waals surface area (Å²) in [7, 11) is 0. The number of aryl methyl sites for hydroxylation is 1. The topological polar surface area (TPSA) is 36.4 Å². The van der Waals surface area contributed by atoms with Crippen molar-refractivity contribution in [1.82, 2.24) is 4.98 Å². The number of hydrogen-bond donors (Lipinski definition) is 1. The molecule has 0 unspecified atom stereocenters. The van der Waals surface area contributed by atoms with Crippen molar-refractivity contribution in [3.8, 4) is 0 Å². The molecule has 70 valence electrons. The zero-order valence-electron chi connectivity index (χ0n) is 7.61. The van der Waals surface area contributed by atoms with Crippen molar-refractivity contribution >= 4 is 5.69 Å². The summed E-state index contributed by atoms with van der Waals surface area (Å²) in [6.07, 6.45) is 4.05. The lowest BCUT2D eigenvalue weighted by molar-refractivity contribution is 0.301. The second-order valence-corrected chi connectivity index (χ2v) is 3.28. The van der Waals surface area contributed by atoms with E-state index in [1.54, 1.807) is 0 Å². The van der Waals surface area contributed by atoms with E-state index in [1.807, 2.05) is 12.3 Å². The van der Waals surface area contributed by atoms with Crippen LogP contribution in [0.15, 0.2) is 18.3 Å². The van der Waals surface area contributed by atoms with Crippen molar-refractivity contribution in [2.45, 2.75) is 12.8 Å². The Morgan fingerprint density at radius 3 is 3.31 bits per heavy atom. The van der Waals surface area contributed by atoms with Gasteiger partial charge in [-0.2, -0.15) is 0 Å². The van der Waals surface area contributed by atoms with Gasteiger partial charge in [-0.3, -0.25) is 4.98 Å². The molecule has 0 spiro atoms. The smallest absolute Gasteiger partial charge is 0.0637 e. The van der Waals surface area contributed by atoms with Crippen LogP contribution in [-0.4, -0.2) is 29.8 Å². The minimum atomic E-state index is 0.217. The lowest BCUT2D eigenvalue weighted by Gasteiger charge is -2.29. The lowest BCUT2D eigenvalue weighted by Crippen LogP contribution is -2.32. The van der Waals surface area contributed by atoms with Gasteiger partial charge < -0.3 is 10.0 Å². The number of aliphatic hydroxyl groups excluding tert-OH is 1. The van der Waals surface area contributed by atoms with Crippen LogP contribution in [0.3, 0.4) is 0 Å². The molecule has 2 heterocycles. The van der Waals surface area contributed by atoms with E-state index in [0.717, 1.165) is 25.9 Å². The third-order valence-electron chi connectivity index (χ3n) is 2.42. The first-order valence-corrected chi connectivity index (χ1v) is 4.71. The number of fused-ring (bicyclic) bond motifs is 1. The number of hydrogen-bond acceptors (Lipinski definition) is 3. The molecule has 1 aliphatic rings. The van der Waals surface area contributed by atoms with Gasteiger partial charge in [0, 0.05) is 19.3 Å². The molecule has 0 atom stereocenters. The fourth-order valence-electron chi connectivity index (χ4n) is 1.82. The molecule has 1 N–H and O–H groups in total. The van der Waals surface area contributed by atoms with Crippen molar-refractivity contribution < 1.29 is 5.11 Å². The maximum atomic E-state index is 8.88. The van der Waals surface area contributed by atoms with E-state index < -0.39 is 0 Å². The molecular formula is C10H14N2O. The molecule has 1 aliphatic heterocycles. The van der Waals surface area contributed by atoms with Crippen LogP contribution in [-0.2, 0) is 6.42 Å². The molecule has 13 heavy (non-hydrogen) atoms. The zero-order valence-corrected chi connectivity index (χ0v) is 7.61. The SMILES string of the molecule is OCCN1CCCc2ncccc21. The van der Waals surface area contributed by atoms with Crippen LogP contribution in [0.4, 0.5) is 5.69 Å². The molecule has 0 radical (unpaired) electrons. The second-order valence-electron chi connectivity index (χ2n) is 3.28. The van der Waals surface area contributed by atoms with Crippen LogP contribution in [0.2, 0.25) is 0 Å². The van der Waals surface area contributed by atoms with Gasteiger partial charge in [0.25, 0.3) is 0 Å². The molecular weight excluding hydrogens is 164 g/mol. The maximum Gasteiger partial charge on any atom is 0.0637 e. The maximum absolute atomic E-state index is 8.88. The minimum absolute atomic E-state index is 0.217. The molecule has 0 amide bonds. The second kappa shape index (κ2) is 3.75. The monoisotopic (exact) mass is 178 g/mol. The van der Waals surface area contributed by atoms with Gasteiger partial charge >= 0.3 is 0 Å². The molecule has 3 heteroatoms. The van der Waals surface area contributed by atoms with Gasteiger partial charge in [-0.25, -0.2) is 0 Å². The molecule has 0 saturated heterocycles. The Morgan fingerprint density at radius 1 is 1.54 bits per heavy atom. The van der Waals surface area contributed by atoms with Gasteiger partial charge in [0.15, 0.2) is 0 Å². The average molecular weight is 178 g/mol. The third kappa shape index (κ3) is 1.65. The largest absolute Gasteiger partial charge is 0.395 e. The lowest BCUT2D eigenvalue weighted by atomic mass is 10.1. The standard InChI is InChI=1S/C10H14N2O/c13-8-7-12-6-2-3-9-10(12)4-1-5-11-9/h1,4-5,13H,2-3,6-8H2. The van der Waals surface area contributed by atoms with Crippen LogP contribution in [0.5, 0.6) is 0 Å². The number of aliphatic hydroxyl groups is 1. The van der Waals surface area contributed by atoms with Crippen molar-refractivity contribution in [2.75, 3.05) is 24.6 Å². The summed E-state index contributed by atoms with van der Waals surface area (Å²) in [5.74, 6) is 0. The molecule has 0 aromatic carbocycles. The molecule has 0 bridgehead atoms. The number of aromatic nitrogens is 1. The summed E-state index contributed by atoms with van der Waals surface area (Å²) >= 11 is 0. The fourth-order valence-corrected chi connectivity index (χ4v) is 1.82.